The van der Waals surface area contributed by atoms with Crippen molar-refractivity contribution in [1.82, 2.24) is 10.3 Å². The van der Waals surface area contributed by atoms with Crippen LogP contribution >= 0.6 is 11.3 Å². The molecule has 6 nitrogen and oxygen atoms in total. The Hall–Kier alpha value is -1.55. The van der Waals surface area contributed by atoms with Crippen LogP contribution in [-0.2, 0) is 4.74 Å². The third-order valence-electron chi connectivity index (χ3n) is 4.97. The van der Waals surface area contributed by atoms with E-state index in [9.17, 15) is 18.0 Å². The fourth-order valence-corrected chi connectivity index (χ4v) is 4.79. The molecule has 1 aromatic heterocycles. The summed E-state index contributed by atoms with van der Waals surface area (Å²) in [5, 5.41) is 13.6. The first kappa shape index (κ1) is 15.9. The summed E-state index contributed by atoms with van der Waals surface area (Å²) in [5.41, 5.74) is 0.0586. The Labute approximate surface area is 139 Å². The van der Waals surface area contributed by atoms with Gasteiger partial charge in [-0.3, -0.25) is 4.74 Å². The van der Waals surface area contributed by atoms with Crippen LogP contribution in [0.5, 0.6) is 5.19 Å². The maximum atomic E-state index is 12.1. The topological polar surface area (TPSA) is 80.7 Å². The molecule has 0 unspecified atom stereocenters. The molecule has 4 fully saturated rings. The van der Waals surface area contributed by atoms with Crippen molar-refractivity contribution in [1.29, 1.82) is 0 Å². The van der Waals surface area contributed by atoms with E-state index in [2.05, 4.69) is 15.0 Å². The largest absolute Gasteiger partial charge is 0.522 e. The van der Waals surface area contributed by atoms with Crippen LogP contribution in [0.4, 0.5) is 18.0 Å². The van der Waals surface area contributed by atoms with Crippen molar-refractivity contribution >= 4 is 17.4 Å². The minimum Gasteiger partial charge on any atom is -0.465 e. The first-order valence-electron chi connectivity index (χ1n) is 7.56. The Kier molecular flexibility index (Phi) is 3.31. The van der Waals surface area contributed by atoms with Gasteiger partial charge in [0.15, 0.2) is 0 Å². The predicted molar refractivity (Wildman–Crippen MR) is 76.1 cm³/mol. The van der Waals surface area contributed by atoms with E-state index in [1.54, 1.807) is 5.38 Å². The van der Waals surface area contributed by atoms with E-state index < -0.39 is 18.6 Å². The fraction of sp³-hybridized carbons (Fsp3) is 0.714. The number of carbonyl (C=O) groups is 1. The Morgan fingerprint density at radius 3 is 2.62 bits per heavy atom. The van der Waals surface area contributed by atoms with Gasteiger partial charge in [-0.2, -0.15) is 0 Å². The van der Waals surface area contributed by atoms with Crippen molar-refractivity contribution in [2.45, 2.75) is 61.6 Å². The minimum absolute atomic E-state index is 0.0287. The van der Waals surface area contributed by atoms with Crippen LogP contribution in [0, 0.1) is 0 Å². The fourth-order valence-electron chi connectivity index (χ4n) is 3.94. The number of ether oxygens (including phenoxy) is 2. The quantitative estimate of drug-likeness (QED) is 0.838. The summed E-state index contributed by atoms with van der Waals surface area (Å²) in [7, 11) is 0. The van der Waals surface area contributed by atoms with E-state index in [-0.39, 0.29) is 17.1 Å². The summed E-state index contributed by atoms with van der Waals surface area (Å²) in [6.45, 7) is 0. The van der Waals surface area contributed by atoms with Crippen molar-refractivity contribution in [3.63, 3.8) is 0 Å². The summed E-state index contributed by atoms with van der Waals surface area (Å²) < 4.78 is 46.2. The van der Waals surface area contributed by atoms with Crippen LogP contribution < -0.4 is 10.1 Å². The van der Waals surface area contributed by atoms with Crippen molar-refractivity contribution in [3.8, 4) is 5.19 Å². The highest BCUT2D eigenvalue weighted by molar-refractivity contribution is 7.11. The standard InChI is InChI=1S/C14H15F3N2O4S/c15-14(16,17)22-8-1-7(2-8)9-3-24-11(18-9)23-13-4-12(5-13,6-13)19-10(20)21/h3,7-8,19H,1-2,4-6H2,(H,20,21)/t7-,8+,12?,13?. The summed E-state index contributed by atoms with van der Waals surface area (Å²) in [6, 6.07) is 0. The van der Waals surface area contributed by atoms with Gasteiger partial charge >= 0.3 is 12.5 Å². The van der Waals surface area contributed by atoms with Crippen molar-refractivity contribution < 1.29 is 32.5 Å². The van der Waals surface area contributed by atoms with Gasteiger partial charge < -0.3 is 15.2 Å². The molecule has 2 bridgehead atoms. The highest BCUT2D eigenvalue weighted by Gasteiger charge is 2.71. The Morgan fingerprint density at radius 2 is 2.04 bits per heavy atom. The molecular weight excluding hydrogens is 349 g/mol. The lowest BCUT2D eigenvalue weighted by molar-refractivity contribution is -0.351. The predicted octanol–water partition coefficient (Wildman–Crippen LogP) is 3.25. The molecule has 0 aromatic carbocycles. The van der Waals surface area contributed by atoms with Crippen molar-refractivity contribution in [3.05, 3.63) is 11.1 Å². The third-order valence-corrected chi connectivity index (χ3v) is 5.71. The van der Waals surface area contributed by atoms with E-state index in [0.717, 1.165) is 5.69 Å². The van der Waals surface area contributed by atoms with Crippen molar-refractivity contribution in [2.24, 2.45) is 0 Å². The van der Waals surface area contributed by atoms with E-state index in [4.69, 9.17) is 9.84 Å². The third kappa shape index (κ3) is 2.81. The second-order valence-electron chi connectivity index (χ2n) is 6.92. The van der Waals surface area contributed by atoms with Crippen LogP contribution in [0.1, 0.15) is 43.7 Å². The summed E-state index contributed by atoms with van der Waals surface area (Å²) in [6.07, 6.45) is -3.90. The van der Waals surface area contributed by atoms with Gasteiger partial charge in [0.05, 0.1) is 17.3 Å². The van der Waals surface area contributed by atoms with Crippen LogP contribution in [0.15, 0.2) is 5.38 Å². The van der Waals surface area contributed by atoms with Crippen molar-refractivity contribution in [2.75, 3.05) is 0 Å². The molecule has 5 rings (SSSR count). The molecule has 4 aliphatic rings. The van der Waals surface area contributed by atoms with Crippen LogP contribution in [0.2, 0.25) is 0 Å². The zero-order valence-electron chi connectivity index (χ0n) is 12.4. The van der Waals surface area contributed by atoms with Gasteiger partial charge in [0, 0.05) is 30.6 Å². The summed E-state index contributed by atoms with van der Waals surface area (Å²) in [5.74, 6) is -0.0287. The number of alkyl halides is 3. The Morgan fingerprint density at radius 1 is 1.38 bits per heavy atom. The molecule has 1 amide bonds. The highest BCUT2D eigenvalue weighted by atomic mass is 32.1. The first-order valence-corrected chi connectivity index (χ1v) is 8.44. The zero-order valence-corrected chi connectivity index (χ0v) is 13.2. The molecule has 4 aliphatic carbocycles. The molecule has 1 heterocycles. The molecule has 2 N–H and O–H groups in total. The first-order chi connectivity index (χ1) is 11.2. The second-order valence-corrected chi connectivity index (χ2v) is 7.74. The average Bonchev–Trinajstić information content (AvgIpc) is 2.75. The number of rotatable bonds is 5. The number of halogens is 3. The molecule has 0 saturated heterocycles. The lowest BCUT2D eigenvalue weighted by atomic mass is 9.46. The maximum absolute atomic E-state index is 12.1. The second kappa shape index (κ2) is 4.98. The number of nitrogens with one attached hydrogen (secondary N) is 1. The summed E-state index contributed by atoms with van der Waals surface area (Å²) in [4.78, 5) is 15.0. The molecule has 0 atom stereocenters. The van der Waals surface area contributed by atoms with Gasteiger partial charge in [0.2, 0.25) is 0 Å². The van der Waals surface area contributed by atoms with Crippen LogP contribution in [0.3, 0.4) is 0 Å². The molecule has 4 saturated carbocycles. The Bertz CT molecular complexity index is 651. The van der Waals surface area contributed by atoms with Gasteiger partial charge in [-0.1, -0.05) is 11.3 Å². The number of hydrogen-bond donors (Lipinski definition) is 2. The molecule has 0 aliphatic heterocycles. The van der Waals surface area contributed by atoms with Gasteiger partial charge in [-0.05, 0) is 12.8 Å². The Balaban J connectivity index is 1.27. The maximum Gasteiger partial charge on any atom is 0.522 e. The lowest BCUT2D eigenvalue weighted by Crippen LogP contribution is -2.80. The van der Waals surface area contributed by atoms with Crippen LogP contribution in [0.25, 0.3) is 0 Å². The van der Waals surface area contributed by atoms with Crippen LogP contribution in [-0.4, -0.2) is 39.8 Å². The summed E-state index contributed by atoms with van der Waals surface area (Å²) >= 11 is 1.32. The van der Waals surface area contributed by atoms with Gasteiger partial charge in [-0.15, -0.1) is 13.2 Å². The van der Waals surface area contributed by atoms with E-state index in [1.165, 1.54) is 11.3 Å². The number of amides is 1. The van der Waals surface area contributed by atoms with E-state index >= 15 is 0 Å². The van der Waals surface area contributed by atoms with E-state index in [0.29, 0.717) is 37.3 Å². The number of carboxylic acid groups (broad SMARTS) is 1. The van der Waals surface area contributed by atoms with Gasteiger partial charge in [0.1, 0.15) is 5.60 Å². The number of hydrogen-bond acceptors (Lipinski definition) is 5. The molecule has 132 valence electrons. The van der Waals surface area contributed by atoms with Gasteiger partial charge in [0.25, 0.3) is 5.19 Å². The molecule has 1 aromatic rings. The lowest BCUT2D eigenvalue weighted by Gasteiger charge is -2.68. The van der Waals surface area contributed by atoms with Gasteiger partial charge in [-0.25, -0.2) is 9.78 Å². The average molecular weight is 364 g/mol. The normalized spacial score (nSPS) is 37.0. The number of aromatic nitrogens is 1. The highest BCUT2D eigenvalue weighted by Crippen LogP contribution is 2.62. The van der Waals surface area contributed by atoms with E-state index in [1.807, 2.05) is 0 Å². The monoisotopic (exact) mass is 364 g/mol. The smallest absolute Gasteiger partial charge is 0.465 e. The molecule has 0 spiro atoms. The SMILES string of the molecule is O=C(O)NC12CC(Oc3nc([C@H]4C[C@@H](OC(F)(F)F)C4)cs3)(C1)C2. The number of nitrogens with zero attached hydrogens (tertiary/aromatic N) is 1. The minimum atomic E-state index is -4.59. The molecule has 24 heavy (non-hydrogen) atoms. The number of thiazole rings is 1. The zero-order chi connectivity index (χ0) is 17.2. The molecular formula is C14H15F3N2O4S. The molecule has 10 heteroatoms. The molecule has 0 radical (unpaired) electrons.